The van der Waals surface area contributed by atoms with Crippen molar-refractivity contribution in [2.45, 2.75) is 57.8 Å². The lowest BCUT2D eigenvalue weighted by atomic mass is 9.98. The SMILES string of the molecule is CCC/C=C(/C=C\N=C(C)Cl)c1sc(C(C)(C)C)nc1-c1cccc(NS(=O)(=O)c2c(F)cccc2F)c1OC. The Kier molecular flexibility index (Phi) is 10.3. The highest BCUT2D eigenvalue weighted by Crippen LogP contribution is 2.44. The molecule has 40 heavy (non-hydrogen) atoms. The van der Waals surface area contributed by atoms with Gasteiger partial charge in [-0.1, -0.05) is 63.9 Å². The number of nitrogens with zero attached hydrogens (tertiary/aromatic N) is 2. The number of allylic oxidation sites excluding steroid dienone is 3. The van der Waals surface area contributed by atoms with Crippen LogP contribution in [0.1, 0.15) is 57.3 Å². The fourth-order valence-electron chi connectivity index (χ4n) is 3.73. The number of halogens is 3. The van der Waals surface area contributed by atoms with Gasteiger partial charge in [-0.15, -0.1) is 11.3 Å². The number of unbranched alkanes of at least 4 members (excludes halogenated alkanes) is 1. The van der Waals surface area contributed by atoms with Crippen LogP contribution >= 0.6 is 22.9 Å². The van der Waals surface area contributed by atoms with E-state index in [9.17, 15) is 17.2 Å². The molecule has 0 bridgehead atoms. The number of hydrogen-bond donors (Lipinski definition) is 1. The smallest absolute Gasteiger partial charge is 0.267 e. The maximum atomic E-state index is 14.4. The molecule has 1 N–H and O–H groups in total. The van der Waals surface area contributed by atoms with Crippen molar-refractivity contribution in [3.8, 4) is 17.0 Å². The minimum absolute atomic E-state index is 0.0101. The second-order valence-electron chi connectivity index (χ2n) is 9.88. The van der Waals surface area contributed by atoms with Crippen LogP contribution in [0.15, 0.2) is 64.6 Å². The molecule has 0 spiro atoms. The number of aliphatic imine (C=N–C) groups is 1. The molecule has 0 radical (unpaired) electrons. The molecule has 214 valence electrons. The Morgan fingerprint density at radius 3 is 2.40 bits per heavy atom. The average molecular weight is 608 g/mol. The maximum Gasteiger partial charge on any atom is 0.267 e. The van der Waals surface area contributed by atoms with Crippen LogP contribution < -0.4 is 9.46 Å². The molecule has 0 atom stereocenters. The highest BCUT2D eigenvalue weighted by Gasteiger charge is 2.28. The van der Waals surface area contributed by atoms with E-state index in [1.165, 1.54) is 24.5 Å². The van der Waals surface area contributed by atoms with Crippen molar-refractivity contribution in [2.75, 3.05) is 11.8 Å². The van der Waals surface area contributed by atoms with Gasteiger partial charge in [0, 0.05) is 17.2 Å². The fourth-order valence-corrected chi connectivity index (χ4v) is 6.15. The number of aromatic nitrogens is 1. The highest BCUT2D eigenvalue weighted by molar-refractivity contribution is 7.92. The Morgan fingerprint density at radius 1 is 1.18 bits per heavy atom. The molecule has 0 amide bonds. The normalized spacial score (nSPS) is 13.2. The number of anilines is 1. The van der Waals surface area contributed by atoms with E-state index in [4.69, 9.17) is 21.3 Å². The summed E-state index contributed by atoms with van der Waals surface area (Å²) in [5.74, 6) is -2.25. The Balaban J connectivity index is 2.24. The van der Waals surface area contributed by atoms with Gasteiger partial charge in [0.05, 0.1) is 28.4 Å². The summed E-state index contributed by atoms with van der Waals surface area (Å²) in [6, 6.07) is 7.70. The number of nitrogens with one attached hydrogen (secondary N) is 1. The lowest BCUT2D eigenvalue weighted by Gasteiger charge is -2.16. The van der Waals surface area contributed by atoms with Crippen molar-refractivity contribution in [1.29, 1.82) is 0 Å². The summed E-state index contributed by atoms with van der Waals surface area (Å²) in [4.78, 5) is 8.89. The second-order valence-corrected chi connectivity index (χ2v) is 13.0. The molecule has 1 heterocycles. The molecule has 0 saturated carbocycles. The predicted octanol–water partition coefficient (Wildman–Crippen LogP) is 8.55. The van der Waals surface area contributed by atoms with Gasteiger partial charge in [0.15, 0.2) is 10.6 Å². The molecule has 3 rings (SSSR count). The molecule has 2 aromatic carbocycles. The Morgan fingerprint density at radius 2 is 1.82 bits per heavy atom. The zero-order valence-corrected chi connectivity index (χ0v) is 25.6. The van der Waals surface area contributed by atoms with Crippen LogP contribution in [0.2, 0.25) is 0 Å². The van der Waals surface area contributed by atoms with Crippen molar-refractivity contribution in [3.05, 3.63) is 76.3 Å². The number of hydrogen-bond acceptors (Lipinski definition) is 6. The molecule has 6 nitrogen and oxygen atoms in total. The molecule has 0 aliphatic heterocycles. The van der Waals surface area contributed by atoms with Crippen LogP contribution in [-0.2, 0) is 15.4 Å². The first-order chi connectivity index (χ1) is 18.8. The first-order valence-electron chi connectivity index (χ1n) is 12.5. The van der Waals surface area contributed by atoms with Gasteiger partial charge in [-0.25, -0.2) is 27.2 Å². The van der Waals surface area contributed by atoms with Gasteiger partial charge in [-0.05, 0) is 49.3 Å². The summed E-state index contributed by atoms with van der Waals surface area (Å²) in [5, 5.41) is 1.24. The quantitative estimate of drug-likeness (QED) is 0.185. The lowest BCUT2D eigenvalue weighted by molar-refractivity contribution is 0.418. The number of ether oxygens (including phenoxy) is 1. The zero-order chi connectivity index (χ0) is 29.7. The topological polar surface area (TPSA) is 80.7 Å². The predicted molar refractivity (Wildman–Crippen MR) is 161 cm³/mol. The van der Waals surface area contributed by atoms with Crippen LogP contribution in [0.3, 0.4) is 0 Å². The van der Waals surface area contributed by atoms with Crippen molar-refractivity contribution in [3.63, 3.8) is 0 Å². The number of methoxy groups -OCH3 is 1. The van der Waals surface area contributed by atoms with Crippen LogP contribution in [0, 0.1) is 11.6 Å². The van der Waals surface area contributed by atoms with Gasteiger partial charge < -0.3 is 4.74 Å². The van der Waals surface area contributed by atoms with Crippen molar-refractivity contribution in [1.82, 2.24) is 4.98 Å². The average Bonchev–Trinajstić information content (AvgIpc) is 3.31. The number of sulfonamides is 1. The lowest BCUT2D eigenvalue weighted by Crippen LogP contribution is -2.17. The van der Waals surface area contributed by atoms with E-state index in [1.807, 2.05) is 6.08 Å². The Labute approximate surface area is 243 Å². The van der Waals surface area contributed by atoms with Gasteiger partial charge >= 0.3 is 0 Å². The number of thiazole rings is 1. The Hall–Kier alpha value is -3.08. The minimum atomic E-state index is -4.63. The molecular formula is C29H32ClF2N3O3S2. The fraction of sp³-hybridized carbons (Fsp3) is 0.310. The molecule has 0 fully saturated rings. The molecule has 0 aliphatic rings. The summed E-state index contributed by atoms with van der Waals surface area (Å²) < 4.78 is 62.8. The highest BCUT2D eigenvalue weighted by atomic mass is 35.5. The summed E-state index contributed by atoms with van der Waals surface area (Å²) in [5.41, 5.74) is 1.68. The van der Waals surface area contributed by atoms with Gasteiger partial charge in [0.2, 0.25) is 0 Å². The Bertz CT molecular complexity index is 1550. The van der Waals surface area contributed by atoms with E-state index in [0.29, 0.717) is 16.4 Å². The van der Waals surface area contributed by atoms with E-state index in [1.54, 1.807) is 25.3 Å². The second kappa shape index (κ2) is 13.1. The van der Waals surface area contributed by atoms with Gasteiger partial charge in [0.25, 0.3) is 10.0 Å². The molecule has 0 saturated heterocycles. The number of benzene rings is 2. The van der Waals surface area contributed by atoms with Crippen LogP contribution in [0.5, 0.6) is 5.75 Å². The van der Waals surface area contributed by atoms with Gasteiger partial charge in [-0.3, -0.25) is 4.72 Å². The van der Waals surface area contributed by atoms with E-state index in [-0.39, 0.29) is 16.9 Å². The van der Waals surface area contributed by atoms with E-state index in [0.717, 1.165) is 46.5 Å². The maximum absolute atomic E-state index is 14.4. The summed E-state index contributed by atoms with van der Waals surface area (Å²) >= 11 is 7.44. The summed E-state index contributed by atoms with van der Waals surface area (Å²) in [7, 11) is -3.24. The third kappa shape index (κ3) is 7.35. The molecule has 0 aliphatic carbocycles. The van der Waals surface area contributed by atoms with Gasteiger partial charge in [-0.2, -0.15) is 0 Å². The zero-order valence-electron chi connectivity index (χ0n) is 23.2. The summed E-state index contributed by atoms with van der Waals surface area (Å²) in [6.45, 7) is 9.91. The third-order valence-corrected chi connectivity index (χ3v) is 8.64. The first kappa shape index (κ1) is 31.4. The molecule has 0 unspecified atom stereocenters. The van der Waals surface area contributed by atoms with Crippen molar-refractivity contribution >= 4 is 49.4 Å². The molecule has 3 aromatic rings. The standard InChI is InChI=1S/C29H32ClF2N3O3S2/c1-7-8-11-19(16-17-33-18(2)30)26-24(34-28(39-26)29(3,4)5)20-12-9-15-23(25(20)38-6)35-40(36,37)27-21(31)13-10-14-22(27)32/h9-17,35H,7-8H2,1-6H3/b17-16-,19-11-,33-18?. The third-order valence-electron chi connectivity index (χ3n) is 5.60. The molecular weight excluding hydrogens is 576 g/mol. The van der Waals surface area contributed by atoms with Crippen molar-refractivity contribution < 1.29 is 21.9 Å². The van der Waals surface area contributed by atoms with Crippen LogP contribution in [0.4, 0.5) is 14.5 Å². The molecule has 1 aromatic heterocycles. The van der Waals surface area contributed by atoms with Crippen LogP contribution in [-0.4, -0.2) is 25.7 Å². The first-order valence-corrected chi connectivity index (χ1v) is 15.2. The van der Waals surface area contributed by atoms with E-state index < -0.39 is 26.6 Å². The van der Waals surface area contributed by atoms with Gasteiger partial charge in [0.1, 0.15) is 16.8 Å². The largest absolute Gasteiger partial charge is 0.494 e. The number of para-hydroxylation sites is 1. The molecule has 11 heteroatoms. The van der Waals surface area contributed by atoms with Crippen LogP contribution in [0.25, 0.3) is 16.8 Å². The van der Waals surface area contributed by atoms with E-state index >= 15 is 0 Å². The monoisotopic (exact) mass is 607 g/mol. The number of rotatable bonds is 10. The summed E-state index contributed by atoms with van der Waals surface area (Å²) in [6.07, 6.45) is 7.28. The minimum Gasteiger partial charge on any atom is -0.494 e. The van der Waals surface area contributed by atoms with Crippen molar-refractivity contribution in [2.24, 2.45) is 4.99 Å². The van der Waals surface area contributed by atoms with E-state index in [2.05, 4.69) is 43.5 Å².